The van der Waals surface area contributed by atoms with Crippen molar-refractivity contribution < 1.29 is 27.2 Å². The highest BCUT2D eigenvalue weighted by Gasteiger charge is 2.45. The largest absolute Gasteiger partial charge is 0.514 e. The molecule has 0 aliphatic heterocycles. The van der Waals surface area contributed by atoms with Crippen molar-refractivity contribution in [2.75, 3.05) is 0 Å². The molecule has 0 amide bonds. The summed E-state index contributed by atoms with van der Waals surface area (Å²) in [6, 6.07) is 19.4. The van der Waals surface area contributed by atoms with Crippen molar-refractivity contribution in [1.82, 2.24) is 0 Å². The summed E-state index contributed by atoms with van der Waals surface area (Å²) >= 11 is 0. The van der Waals surface area contributed by atoms with E-state index < -0.39 is 16.3 Å². The molecule has 2 bridgehead atoms. The molecular weight excluding hydrogens is 452 g/mol. The van der Waals surface area contributed by atoms with Crippen LogP contribution in [0.2, 0.25) is 0 Å². The summed E-state index contributed by atoms with van der Waals surface area (Å²) in [5.74, 6) is 0.0820. The lowest BCUT2D eigenvalue weighted by molar-refractivity contribution is 0.0380. The Morgan fingerprint density at radius 2 is 1.53 bits per heavy atom. The molecular formula is C27H26O6S. The van der Waals surface area contributed by atoms with E-state index in [0.29, 0.717) is 17.5 Å². The predicted octanol–water partition coefficient (Wildman–Crippen LogP) is 5.93. The van der Waals surface area contributed by atoms with E-state index >= 15 is 0 Å². The summed E-state index contributed by atoms with van der Waals surface area (Å²) < 4.78 is 44.6. The summed E-state index contributed by atoms with van der Waals surface area (Å²) in [5.41, 5.74) is 5.68. The van der Waals surface area contributed by atoms with Crippen molar-refractivity contribution >= 4 is 16.3 Å². The second-order valence-electron chi connectivity index (χ2n) is 9.32. The van der Waals surface area contributed by atoms with Crippen molar-refractivity contribution in [2.24, 2.45) is 0 Å². The van der Waals surface area contributed by atoms with Crippen LogP contribution >= 0.6 is 0 Å². The second-order valence-corrected chi connectivity index (χ2v) is 10.7. The van der Waals surface area contributed by atoms with Crippen LogP contribution in [0, 0.1) is 6.92 Å². The van der Waals surface area contributed by atoms with Crippen LogP contribution in [0.1, 0.15) is 71.4 Å². The summed E-state index contributed by atoms with van der Waals surface area (Å²) in [5, 5.41) is 0. The predicted molar refractivity (Wildman–Crippen MR) is 127 cm³/mol. The van der Waals surface area contributed by atoms with Crippen LogP contribution in [-0.4, -0.2) is 25.2 Å². The molecule has 0 fully saturated rings. The Hall–Kier alpha value is -3.16. The van der Waals surface area contributed by atoms with Gasteiger partial charge < -0.3 is 9.47 Å². The number of carbonyl (C=O) groups is 1. The molecule has 34 heavy (non-hydrogen) atoms. The fourth-order valence-electron chi connectivity index (χ4n) is 5.40. The van der Waals surface area contributed by atoms with Gasteiger partial charge in [-0.05, 0) is 64.8 Å². The SMILES string of the molecule is Cc1cc(S(=O)(=O)O)c(C(C)C)cc1OC(=O)OC1CC2c3ccccc3C1c1ccccc12. The highest BCUT2D eigenvalue weighted by atomic mass is 32.2. The zero-order chi connectivity index (χ0) is 24.2. The maximum atomic E-state index is 12.9. The van der Waals surface area contributed by atoms with E-state index in [1.807, 2.05) is 24.3 Å². The van der Waals surface area contributed by atoms with Crippen LogP contribution in [0.15, 0.2) is 65.6 Å². The van der Waals surface area contributed by atoms with Gasteiger partial charge in [0.25, 0.3) is 10.1 Å². The number of hydrogen-bond donors (Lipinski definition) is 1. The van der Waals surface area contributed by atoms with Gasteiger partial charge in [-0.15, -0.1) is 0 Å². The third-order valence-corrected chi connectivity index (χ3v) is 7.81. The van der Waals surface area contributed by atoms with Crippen LogP contribution in [0.4, 0.5) is 4.79 Å². The zero-order valence-corrected chi connectivity index (χ0v) is 20.0. The molecule has 3 aliphatic carbocycles. The van der Waals surface area contributed by atoms with E-state index in [2.05, 4.69) is 24.3 Å². The Balaban J connectivity index is 1.43. The van der Waals surface area contributed by atoms with E-state index in [9.17, 15) is 17.8 Å². The Morgan fingerprint density at radius 1 is 0.971 bits per heavy atom. The molecule has 1 atom stereocenters. The fourth-order valence-corrected chi connectivity index (χ4v) is 6.31. The molecule has 6 nitrogen and oxygen atoms in total. The van der Waals surface area contributed by atoms with Crippen LogP contribution in [0.5, 0.6) is 5.75 Å². The van der Waals surface area contributed by atoms with Crippen molar-refractivity contribution in [3.8, 4) is 5.75 Å². The van der Waals surface area contributed by atoms with Gasteiger partial charge in [0.15, 0.2) is 0 Å². The van der Waals surface area contributed by atoms with Crippen LogP contribution < -0.4 is 4.74 Å². The van der Waals surface area contributed by atoms with E-state index in [0.717, 1.165) is 0 Å². The second kappa shape index (κ2) is 8.25. The first kappa shape index (κ1) is 22.6. The molecule has 0 aromatic heterocycles. The third kappa shape index (κ3) is 3.79. The minimum atomic E-state index is -4.40. The number of ether oxygens (including phenoxy) is 2. The van der Waals surface area contributed by atoms with Crippen molar-refractivity contribution in [3.05, 3.63) is 94.0 Å². The molecule has 176 valence electrons. The lowest BCUT2D eigenvalue weighted by Gasteiger charge is -2.44. The van der Waals surface area contributed by atoms with Gasteiger partial charge in [0, 0.05) is 11.8 Å². The van der Waals surface area contributed by atoms with Gasteiger partial charge in [0.1, 0.15) is 11.9 Å². The molecule has 0 radical (unpaired) electrons. The Bertz CT molecular complexity index is 1340. The Morgan fingerprint density at radius 3 is 2.06 bits per heavy atom. The lowest BCUT2D eigenvalue weighted by atomic mass is 9.62. The van der Waals surface area contributed by atoms with Crippen molar-refractivity contribution in [2.45, 2.75) is 55.9 Å². The van der Waals surface area contributed by atoms with Gasteiger partial charge in [0.2, 0.25) is 0 Å². The van der Waals surface area contributed by atoms with Crippen molar-refractivity contribution in [3.63, 3.8) is 0 Å². The highest BCUT2D eigenvalue weighted by molar-refractivity contribution is 7.85. The maximum Gasteiger partial charge on any atom is 0.514 e. The molecule has 0 spiro atoms. The maximum absolute atomic E-state index is 12.9. The number of aryl methyl sites for hydroxylation is 1. The Kier molecular flexibility index (Phi) is 5.49. The minimum Gasteiger partial charge on any atom is -0.430 e. The number of hydrogen-bond acceptors (Lipinski definition) is 5. The average molecular weight is 479 g/mol. The number of rotatable bonds is 4. The molecule has 3 aromatic rings. The summed E-state index contributed by atoms with van der Waals surface area (Å²) in [6.07, 6.45) is -0.527. The van der Waals surface area contributed by atoms with Gasteiger partial charge in [0.05, 0.1) is 4.90 Å². The molecule has 1 N–H and O–H groups in total. The quantitative estimate of drug-likeness (QED) is 0.284. The summed E-state index contributed by atoms with van der Waals surface area (Å²) in [6.45, 7) is 5.22. The van der Waals surface area contributed by atoms with Crippen LogP contribution in [0.3, 0.4) is 0 Å². The van der Waals surface area contributed by atoms with Gasteiger partial charge in [-0.25, -0.2) is 4.79 Å². The molecule has 7 heteroatoms. The fraction of sp³-hybridized carbons (Fsp3) is 0.296. The molecule has 0 saturated heterocycles. The first-order valence-corrected chi connectivity index (χ1v) is 12.8. The van der Waals surface area contributed by atoms with Gasteiger partial charge in [-0.1, -0.05) is 62.4 Å². The minimum absolute atomic E-state index is 0.0702. The topological polar surface area (TPSA) is 89.9 Å². The van der Waals surface area contributed by atoms with Crippen molar-refractivity contribution in [1.29, 1.82) is 0 Å². The van der Waals surface area contributed by atoms with E-state index in [-0.39, 0.29) is 34.5 Å². The highest BCUT2D eigenvalue weighted by Crippen LogP contribution is 2.53. The van der Waals surface area contributed by atoms with E-state index in [1.165, 1.54) is 34.4 Å². The number of benzene rings is 3. The van der Waals surface area contributed by atoms with E-state index in [1.54, 1.807) is 20.8 Å². The molecule has 3 aromatic carbocycles. The molecule has 3 aliphatic rings. The van der Waals surface area contributed by atoms with Crippen LogP contribution in [0.25, 0.3) is 0 Å². The Labute approximate surface area is 199 Å². The number of carbonyl (C=O) groups excluding carboxylic acids is 1. The zero-order valence-electron chi connectivity index (χ0n) is 19.2. The standard InChI is InChI=1S/C27H26O6S/c1-15(2)21-13-23(16(3)12-25(21)34(29,30)31)32-27(28)33-24-14-22-17-8-4-6-10-19(17)26(24)20-11-7-5-9-18(20)22/h4-13,15,22,24,26H,14H2,1-3H3,(H,29,30,31). The lowest BCUT2D eigenvalue weighted by Crippen LogP contribution is -2.39. The third-order valence-electron chi connectivity index (χ3n) is 6.90. The molecule has 0 heterocycles. The molecule has 6 rings (SSSR count). The smallest absolute Gasteiger partial charge is 0.430 e. The first-order chi connectivity index (χ1) is 16.1. The molecule has 0 saturated carbocycles. The van der Waals surface area contributed by atoms with E-state index in [4.69, 9.17) is 9.47 Å². The van der Waals surface area contributed by atoms with Gasteiger partial charge in [-0.2, -0.15) is 8.42 Å². The summed E-state index contributed by atoms with van der Waals surface area (Å²) in [7, 11) is -4.40. The number of fused-ring (bicyclic) bond motifs is 1. The molecule has 1 unspecified atom stereocenters. The van der Waals surface area contributed by atoms with Crippen LogP contribution in [-0.2, 0) is 14.9 Å². The first-order valence-electron chi connectivity index (χ1n) is 11.3. The average Bonchev–Trinajstić information content (AvgIpc) is 2.79. The normalized spacial score (nSPS) is 20.6. The summed E-state index contributed by atoms with van der Waals surface area (Å²) in [4.78, 5) is 12.7. The van der Waals surface area contributed by atoms with Gasteiger partial charge in [-0.3, -0.25) is 4.55 Å². The van der Waals surface area contributed by atoms with Gasteiger partial charge >= 0.3 is 6.16 Å². The monoisotopic (exact) mass is 478 g/mol.